The van der Waals surface area contributed by atoms with Gasteiger partial charge in [-0.15, -0.1) is 0 Å². The van der Waals surface area contributed by atoms with Gasteiger partial charge in [0.25, 0.3) is 0 Å². The fraction of sp³-hybridized carbons (Fsp3) is 0.750. The Labute approximate surface area is 92.1 Å². The molecule has 0 aliphatic carbocycles. The van der Waals surface area contributed by atoms with Crippen LogP contribution in [0.5, 0.6) is 0 Å². The Hall–Kier alpha value is -1.38. The van der Waals surface area contributed by atoms with Gasteiger partial charge in [0.15, 0.2) is 6.04 Å². The Kier molecular flexibility index (Phi) is 4.96. The van der Waals surface area contributed by atoms with Crippen LogP contribution in [-0.4, -0.2) is 66.2 Å². The molecule has 0 radical (unpaired) electrons. The number of hydrogen-bond acceptors (Lipinski definition) is 5. The molecule has 16 heavy (non-hydrogen) atoms. The number of rotatable bonds is 4. The fourth-order valence-electron chi connectivity index (χ4n) is 1.19. The number of aliphatic hydroxyl groups excluding tert-OH is 1. The summed E-state index contributed by atoms with van der Waals surface area (Å²) in [6.07, 6.45) is 0. The molecule has 1 saturated heterocycles. The molecule has 0 saturated carbocycles. The summed E-state index contributed by atoms with van der Waals surface area (Å²) < 4.78 is 5.07. The SMILES string of the molecule is O=C(NC(CO)C(=O)O)NN1CCOCC1. The number of hydrogen-bond donors (Lipinski definition) is 4. The lowest BCUT2D eigenvalue weighted by Gasteiger charge is -2.27. The highest BCUT2D eigenvalue weighted by Gasteiger charge is 2.20. The molecule has 1 atom stereocenters. The van der Waals surface area contributed by atoms with Crippen molar-refractivity contribution in [3.05, 3.63) is 0 Å². The third-order valence-electron chi connectivity index (χ3n) is 2.06. The number of aliphatic carboxylic acids is 1. The van der Waals surface area contributed by atoms with E-state index >= 15 is 0 Å². The second-order valence-electron chi connectivity index (χ2n) is 3.26. The van der Waals surface area contributed by atoms with Gasteiger partial charge in [0, 0.05) is 13.1 Å². The first-order valence-electron chi connectivity index (χ1n) is 4.87. The maximum atomic E-state index is 11.3. The number of amides is 2. The lowest BCUT2D eigenvalue weighted by Crippen LogP contribution is -2.55. The van der Waals surface area contributed by atoms with Gasteiger partial charge in [0.1, 0.15) is 0 Å². The van der Waals surface area contributed by atoms with E-state index in [1.165, 1.54) is 0 Å². The summed E-state index contributed by atoms with van der Waals surface area (Å²) in [5.41, 5.74) is 2.47. The van der Waals surface area contributed by atoms with Crippen LogP contribution in [0, 0.1) is 0 Å². The molecular weight excluding hydrogens is 218 g/mol. The third-order valence-corrected chi connectivity index (χ3v) is 2.06. The van der Waals surface area contributed by atoms with E-state index in [0.29, 0.717) is 26.3 Å². The van der Waals surface area contributed by atoms with E-state index < -0.39 is 24.6 Å². The zero-order chi connectivity index (χ0) is 12.0. The van der Waals surface area contributed by atoms with Gasteiger partial charge >= 0.3 is 12.0 Å². The minimum atomic E-state index is -1.29. The quantitative estimate of drug-likeness (QED) is 0.446. The van der Waals surface area contributed by atoms with Crippen molar-refractivity contribution < 1.29 is 24.5 Å². The van der Waals surface area contributed by atoms with Gasteiger partial charge in [0.05, 0.1) is 19.8 Å². The van der Waals surface area contributed by atoms with Crippen molar-refractivity contribution in [3.8, 4) is 0 Å². The van der Waals surface area contributed by atoms with Crippen LogP contribution >= 0.6 is 0 Å². The molecule has 8 heteroatoms. The zero-order valence-electron chi connectivity index (χ0n) is 8.68. The third kappa shape index (κ3) is 4.01. The van der Waals surface area contributed by atoms with Crippen LogP contribution in [0.3, 0.4) is 0 Å². The van der Waals surface area contributed by atoms with Gasteiger partial charge in [-0.25, -0.2) is 14.6 Å². The summed E-state index contributed by atoms with van der Waals surface area (Å²) in [6.45, 7) is 1.48. The second kappa shape index (κ2) is 6.26. The van der Waals surface area contributed by atoms with Crippen LogP contribution in [0.15, 0.2) is 0 Å². The summed E-state index contributed by atoms with van der Waals surface area (Å²) >= 11 is 0. The van der Waals surface area contributed by atoms with Crippen LogP contribution in [0.4, 0.5) is 4.79 Å². The van der Waals surface area contributed by atoms with Crippen molar-refractivity contribution in [2.45, 2.75) is 6.04 Å². The molecule has 2 amide bonds. The molecule has 1 unspecified atom stereocenters. The van der Waals surface area contributed by atoms with E-state index in [9.17, 15) is 9.59 Å². The maximum Gasteiger partial charge on any atom is 0.330 e. The number of ether oxygens (including phenoxy) is 1. The molecule has 92 valence electrons. The van der Waals surface area contributed by atoms with Gasteiger partial charge in [-0.1, -0.05) is 0 Å². The first-order valence-corrected chi connectivity index (χ1v) is 4.87. The number of nitrogens with one attached hydrogen (secondary N) is 2. The van der Waals surface area contributed by atoms with Gasteiger partial charge in [-0.2, -0.15) is 0 Å². The van der Waals surface area contributed by atoms with Crippen molar-refractivity contribution in [1.29, 1.82) is 0 Å². The number of aliphatic hydroxyl groups is 1. The molecular formula is C8H15N3O5. The van der Waals surface area contributed by atoms with Crippen LogP contribution in [0.1, 0.15) is 0 Å². The highest BCUT2D eigenvalue weighted by molar-refractivity contribution is 5.82. The number of carboxylic acid groups (broad SMARTS) is 1. The molecule has 1 heterocycles. The number of carbonyl (C=O) groups is 2. The summed E-state index contributed by atoms with van der Waals surface area (Å²) in [6, 6.07) is -1.94. The lowest BCUT2D eigenvalue weighted by atomic mass is 10.3. The van der Waals surface area contributed by atoms with Crippen molar-refractivity contribution >= 4 is 12.0 Å². The van der Waals surface area contributed by atoms with Gasteiger partial charge in [-0.3, -0.25) is 5.43 Å². The van der Waals surface area contributed by atoms with Crippen LogP contribution < -0.4 is 10.7 Å². The normalized spacial score (nSPS) is 18.8. The Bertz CT molecular complexity index is 254. The molecule has 4 N–H and O–H groups in total. The number of carboxylic acids is 1. The van der Waals surface area contributed by atoms with E-state index in [1.807, 2.05) is 0 Å². The topological polar surface area (TPSA) is 111 Å². The molecule has 1 aliphatic heterocycles. The Morgan fingerprint density at radius 3 is 2.50 bits per heavy atom. The second-order valence-corrected chi connectivity index (χ2v) is 3.26. The summed E-state index contributed by atoms with van der Waals surface area (Å²) in [5, 5.41) is 21.0. The van der Waals surface area contributed by atoms with E-state index in [1.54, 1.807) is 5.01 Å². The average Bonchev–Trinajstić information content (AvgIpc) is 2.27. The zero-order valence-corrected chi connectivity index (χ0v) is 8.68. The van der Waals surface area contributed by atoms with E-state index in [4.69, 9.17) is 14.9 Å². The first-order chi connectivity index (χ1) is 7.63. The Balaban J connectivity index is 2.31. The van der Waals surface area contributed by atoms with Gasteiger partial charge in [0.2, 0.25) is 0 Å². The maximum absolute atomic E-state index is 11.3. The number of carbonyl (C=O) groups excluding carboxylic acids is 1. The minimum absolute atomic E-state index is 0.517. The first kappa shape index (κ1) is 12.7. The summed E-state index contributed by atoms with van der Waals surface area (Å²) in [5.74, 6) is -1.28. The number of morpholine rings is 1. The predicted molar refractivity (Wildman–Crippen MR) is 52.6 cm³/mol. The van der Waals surface area contributed by atoms with Crippen LogP contribution in [-0.2, 0) is 9.53 Å². The molecule has 0 bridgehead atoms. The van der Waals surface area contributed by atoms with Crippen LogP contribution in [0.2, 0.25) is 0 Å². The van der Waals surface area contributed by atoms with E-state index in [0.717, 1.165) is 0 Å². The largest absolute Gasteiger partial charge is 0.480 e. The van der Waals surface area contributed by atoms with Crippen LogP contribution in [0.25, 0.3) is 0 Å². The molecule has 1 aliphatic rings. The van der Waals surface area contributed by atoms with Crippen molar-refractivity contribution in [2.75, 3.05) is 32.9 Å². The monoisotopic (exact) mass is 233 g/mol. The van der Waals surface area contributed by atoms with Gasteiger partial charge in [-0.05, 0) is 0 Å². The average molecular weight is 233 g/mol. The summed E-state index contributed by atoms with van der Waals surface area (Å²) in [7, 11) is 0. The van der Waals surface area contributed by atoms with E-state index in [2.05, 4.69) is 10.7 Å². The lowest BCUT2D eigenvalue weighted by molar-refractivity contribution is -0.140. The molecule has 0 aromatic heterocycles. The molecule has 1 fully saturated rings. The van der Waals surface area contributed by atoms with Crippen molar-refractivity contribution in [1.82, 2.24) is 15.8 Å². The molecule has 1 rings (SSSR count). The molecule has 0 spiro atoms. The highest BCUT2D eigenvalue weighted by Crippen LogP contribution is 1.92. The highest BCUT2D eigenvalue weighted by atomic mass is 16.5. The fourth-order valence-corrected chi connectivity index (χ4v) is 1.19. The van der Waals surface area contributed by atoms with Gasteiger partial charge < -0.3 is 20.3 Å². The van der Waals surface area contributed by atoms with E-state index in [-0.39, 0.29) is 0 Å². The smallest absolute Gasteiger partial charge is 0.330 e. The predicted octanol–water partition coefficient (Wildman–Crippen LogP) is -2.02. The molecule has 8 nitrogen and oxygen atoms in total. The number of urea groups is 1. The Morgan fingerprint density at radius 1 is 1.38 bits per heavy atom. The van der Waals surface area contributed by atoms with Crippen molar-refractivity contribution in [3.63, 3.8) is 0 Å². The standard InChI is InChI=1S/C8H15N3O5/c12-5-6(7(13)14)9-8(15)10-11-1-3-16-4-2-11/h6,12H,1-5H2,(H,13,14)(H2,9,10,15). The number of hydrazine groups is 1. The Morgan fingerprint density at radius 2 is 2.00 bits per heavy atom. The minimum Gasteiger partial charge on any atom is -0.480 e. The molecule has 0 aromatic rings. The molecule has 0 aromatic carbocycles. The van der Waals surface area contributed by atoms with Crippen molar-refractivity contribution in [2.24, 2.45) is 0 Å². The summed E-state index contributed by atoms with van der Waals surface area (Å²) in [4.78, 5) is 21.8. The number of nitrogens with zero attached hydrogens (tertiary/aromatic N) is 1.